The Bertz CT molecular complexity index is 264. The lowest BCUT2D eigenvalue weighted by Gasteiger charge is -2.27. The zero-order chi connectivity index (χ0) is 15.1. The summed E-state index contributed by atoms with van der Waals surface area (Å²) in [5, 5.41) is 0. The molecule has 0 saturated heterocycles. The molecule has 0 bridgehead atoms. The van der Waals surface area contributed by atoms with Crippen LogP contribution in [0.25, 0.3) is 0 Å². The number of methoxy groups -OCH3 is 1. The molecular formula is C15H31NO3. The molecule has 0 rings (SSSR count). The summed E-state index contributed by atoms with van der Waals surface area (Å²) < 4.78 is 10.8. The number of ether oxygens (including phenoxy) is 2. The Morgan fingerprint density at radius 1 is 1.00 bits per heavy atom. The molecule has 114 valence electrons. The number of nitrogens with zero attached hydrogens (tertiary/aromatic N) is 1. The summed E-state index contributed by atoms with van der Waals surface area (Å²) in [4.78, 5) is 14.2. The fourth-order valence-electron chi connectivity index (χ4n) is 1.41. The first-order valence-electron chi connectivity index (χ1n) is 6.95. The number of carbonyl (C=O) groups excluding carboxylic acids is 1. The van der Waals surface area contributed by atoms with Crippen molar-refractivity contribution in [1.29, 1.82) is 0 Å². The van der Waals surface area contributed by atoms with Crippen LogP contribution < -0.4 is 0 Å². The van der Waals surface area contributed by atoms with Crippen LogP contribution in [0.15, 0.2) is 0 Å². The molecule has 0 heterocycles. The van der Waals surface area contributed by atoms with Gasteiger partial charge in [-0.15, -0.1) is 0 Å². The minimum Gasteiger partial charge on any atom is -0.383 e. The summed E-state index contributed by atoms with van der Waals surface area (Å²) >= 11 is 0. The molecule has 0 radical (unpaired) electrons. The van der Waals surface area contributed by atoms with Gasteiger partial charge in [-0.2, -0.15) is 0 Å². The van der Waals surface area contributed by atoms with Crippen molar-refractivity contribution >= 4 is 5.78 Å². The van der Waals surface area contributed by atoms with Crippen molar-refractivity contribution in [3.63, 3.8) is 0 Å². The van der Waals surface area contributed by atoms with Crippen LogP contribution in [0.2, 0.25) is 0 Å². The largest absolute Gasteiger partial charge is 0.383 e. The van der Waals surface area contributed by atoms with Crippen molar-refractivity contribution in [2.45, 2.75) is 47.1 Å². The molecule has 0 aliphatic heterocycles. The van der Waals surface area contributed by atoms with E-state index < -0.39 is 0 Å². The first-order chi connectivity index (χ1) is 8.56. The summed E-state index contributed by atoms with van der Waals surface area (Å²) in [6, 6.07) is 0. The summed E-state index contributed by atoms with van der Waals surface area (Å²) in [6.45, 7) is 15.2. The highest BCUT2D eigenvalue weighted by Crippen LogP contribution is 2.15. The number of hydrogen-bond acceptors (Lipinski definition) is 4. The molecule has 0 N–H and O–H groups in total. The zero-order valence-corrected chi connectivity index (χ0v) is 13.7. The molecule has 0 unspecified atom stereocenters. The molecule has 0 aromatic rings. The lowest BCUT2D eigenvalue weighted by Crippen LogP contribution is -2.40. The van der Waals surface area contributed by atoms with Gasteiger partial charge in [0.05, 0.1) is 25.4 Å². The number of Topliss-reactive ketones (excluding diaryl/α,β-unsaturated/α-hetero) is 1. The van der Waals surface area contributed by atoms with Gasteiger partial charge in [-0.25, -0.2) is 0 Å². The fraction of sp³-hybridized carbons (Fsp3) is 0.933. The van der Waals surface area contributed by atoms with Crippen molar-refractivity contribution < 1.29 is 14.3 Å². The lowest BCUT2D eigenvalue weighted by atomic mass is 9.90. The summed E-state index contributed by atoms with van der Waals surface area (Å²) in [5.74, 6) is 0.249. The molecular weight excluding hydrogens is 242 g/mol. The first-order valence-corrected chi connectivity index (χ1v) is 6.95. The van der Waals surface area contributed by atoms with Crippen LogP contribution in [0.1, 0.15) is 41.5 Å². The number of hydrogen-bond donors (Lipinski definition) is 0. The predicted molar refractivity (Wildman–Crippen MR) is 78.5 cm³/mol. The summed E-state index contributed by atoms with van der Waals surface area (Å²) in [5.41, 5.74) is -0.433. The van der Waals surface area contributed by atoms with E-state index in [1.54, 1.807) is 7.11 Å². The average molecular weight is 273 g/mol. The second-order valence-electron chi connectivity index (χ2n) is 6.90. The molecule has 0 fully saturated rings. The Balaban J connectivity index is 4.27. The van der Waals surface area contributed by atoms with E-state index in [0.29, 0.717) is 19.8 Å². The third kappa shape index (κ3) is 10.0. The van der Waals surface area contributed by atoms with Crippen molar-refractivity contribution in [3.05, 3.63) is 0 Å². The van der Waals surface area contributed by atoms with Gasteiger partial charge in [0.2, 0.25) is 0 Å². The minimum atomic E-state index is -0.295. The molecule has 0 aliphatic carbocycles. The Kier molecular flexibility index (Phi) is 7.79. The molecule has 0 amide bonds. The third-order valence-corrected chi connectivity index (χ3v) is 2.76. The van der Waals surface area contributed by atoms with Crippen molar-refractivity contribution in [1.82, 2.24) is 4.90 Å². The van der Waals surface area contributed by atoms with E-state index in [9.17, 15) is 4.79 Å². The highest BCUT2D eigenvalue weighted by Gasteiger charge is 2.23. The van der Waals surface area contributed by atoms with E-state index in [1.165, 1.54) is 0 Å². The van der Waals surface area contributed by atoms with Crippen molar-refractivity contribution in [2.24, 2.45) is 5.41 Å². The quantitative estimate of drug-likeness (QED) is 0.680. The SMILES string of the molecule is COCCN(CCOC(C)(C)C)CC(=O)C(C)(C)C. The van der Waals surface area contributed by atoms with Crippen LogP contribution in [0.5, 0.6) is 0 Å². The molecule has 4 heteroatoms. The molecule has 19 heavy (non-hydrogen) atoms. The molecule has 4 nitrogen and oxygen atoms in total. The fourth-order valence-corrected chi connectivity index (χ4v) is 1.41. The van der Waals surface area contributed by atoms with Gasteiger partial charge in [0, 0.05) is 25.6 Å². The van der Waals surface area contributed by atoms with E-state index in [-0.39, 0.29) is 16.8 Å². The Hall–Kier alpha value is -0.450. The monoisotopic (exact) mass is 273 g/mol. The molecule has 0 aromatic carbocycles. The second kappa shape index (κ2) is 7.98. The molecule has 0 aliphatic rings. The van der Waals surface area contributed by atoms with Gasteiger partial charge >= 0.3 is 0 Å². The standard InChI is InChI=1S/C15H31NO3/c1-14(2,3)13(17)12-16(8-10-18-7)9-11-19-15(4,5)6/h8-12H2,1-7H3. The average Bonchev–Trinajstić information content (AvgIpc) is 2.22. The smallest absolute Gasteiger partial charge is 0.152 e. The highest BCUT2D eigenvalue weighted by atomic mass is 16.5. The van der Waals surface area contributed by atoms with Crippen LogP contribution >= 0.6 is 0 Å². The number of ketones is 1. The molecule has 0 saturated carbocycles. The van der Waals surface area contributed by atoms with Crippen LogP contribution in [0.4, 0.5) is 0 Å². The maximum atomic E-state index is 12.1. The van der Waals surface area contributed by atoms with Crippen LogP contribution in [0, 0.1) is 5.41 Å². The molecule has 0 atom stereocenters. The number of rotatable bonds is 8. The maximum Gasteiger partial charge on any atom is 0.152 e. The van der Waals surface area contributed by atoms with Gasteiger partial charge in [0.25, 0.3) is 0 Å². The van der Waals surface area contributed by atoms with E-state index in [0.717, 1.165) is 13.1 Å². The molecule has 0 aromatic heterocycles. The highest BCUT2D eigenvalue weighted by molar-refractivity contribution is 5.85. The lowest BCUT2D eigenvalue weighted by molar-refractivity contribution is -0.128. The Labute approximate surface area is 118 Å². The Morgan fingerprint density at radius 2 is 1.53 bits per heavy atom. The third-order valence-electron chi connectivity index (χ3n) is 2.76. The first kappa shape index (κ1) is 18.6. The Morgan fingerprint density at radius 3 is 1.95 bits per heavy atom. The second-order valence-corrected chi connectivity index (χ2v) is 6.90. The summed E-state index contributed by atoms with van der Waals surface area (Å²) in [7, 11) is 1.68. The van der Waals surface area contributed by atoms with Crippen LogP contribution in [-0.2, 0) is 14.3 Å². The topological polar surface area (TPSA) is 38.8 Å². The van der Waals surface area contributed by atoms with E-state index in [2.05, 4.69) is 4.90 Å². The van der Waals surface area contributed by atoms with E-state index in [4.69, 9.17) is 9.47 Å². The van der Waals surface area contributed by atoms with Gasteiger partial charge in [0.1, 0.15) is 0 Å². The maximum absolute atomic E-state index is 12.1. The zero-order valence-electron chi connectivity index (χ0n) is 13.7. The van der Waals surface area contributed by atoms with Crippen LogP contribution in [0.3, 0.4) is 0 Å². The van der Waals surface area contributed by atoms with E-state index >= 15 is 0 Å². The molecule has 0 spiro atoms. The van der Waals surface area contributed by atoms with Gasteiger partial charge < -0.3 is 9.47 Å². The van der Waals surface area contributed by atoms with Gasteiger partial charge in [-0.05, 0) is 20.8 Å². The predicted octanol–water partition coefficient (Wildman–Crippen LogP) is 2.37. The normalized spacial score (nSPS) is 13.1. The van der Waals surface area contributed by atoms with E-state index in [1.807, 2.05) is 41.5 Å². The minimum absolute atomic E-state index is 0.138. The van der Waals surface area contributed by atoms with Gasteiger partial charge in [0.15, 0.2) is 5.78 Å². The van der Waals surface area contributed by atoms with Crippen molar-refractivity contribution in [2.75, 3.05) is 40.0 Å². The number of carbonyl (C=O) groups is 1. The van der Waals surface area contributed by atoms with Crippen molar-refractivity contribution in [3.8, 4) is 0 Å². The van der Waals surface area contributed by atoms with Crippen LogP contribution in [-0.4, -0.2) is 56.2 Å². The van der Waals surface area contributed by atoms with Gasteiger partial charge in [-0.3, -0.25) is 9.69 Å². The summed E-state index contributed by atoms with van der Waals surface area (Å²) in [6.07, 6.45) is 0. The van der Waals surface area contributed by atoms with Gasteiger partial charge in [-0.1, -0.05) is 20.8 Å².